The molecule has 188 valence electrons. The number of nitro benzene ring substituents is 1. The van der Waals surface area contributed by atoms with E-state index in [-0.39, 0.29) is 36.7 Å². The number of esters is 2. The number of non-ortho nitro benzene ring substituents is 1. The van der Waals surface area contributed by atoms with Crippen LogP contribution in [-0.2, 0) is 23.8 Å². The molecule has 0 aromatic heterocycles. The minimum atomic E-state index is -0.924. The molecule has 36 heavy (non-hydrogen) atoms. The Morgan fingerprint density at radius 2 is 1.64 bits per heavy atom. The number of benzene rings is 2. The average Bonchev–Trinajstić information content (AvgIpc) is 2.86. The second-order valence-corrected chi connectivity index (χ2v) is 8.03. The van der Waals surface area contributed by atoms with E-state index in [1.54, 1.807) is 26.0 Å². The van der Waals surface area contributed by atoms with E-state index < -0.39 is 22.8 Å². The highest BCUT2D eigenvalue weighted by Crippen LogP contribution is 2.40. The highest BCUT2D eigenvalue weighted by molar-refractivity contribution is 6.00. The summed E-state index contributed by atoms with van der Waals surface area (Å²) in [6.07, 6.45) is 3.54. The molecule has 3 rings (SSSR count). The summed E-state index contributed by atoms with van der Waals surface area (Å²) in [5, 5.41) is 14.5. The van der Waals surface area contributed by atoms with Gasteiger partial charge in [0, 0.05) is 30.6 Å². The van der Waals surface area contributed by atoms with E-state index >= 15 is 0 Å². The van der Waals surface area contributed by atoms with Crippen molar-refractivity contribution in [1.82, 2.24) is 5.32 Å². The van der Waals surface area contributed by atoms with Crippen LogP contribution in [0.5, 0.6) is 0 Å². The fourth-order valence-electron chi connectivity index (χ4n) is 3.93. The molecule has 2 aromatic rings. The minimum Gasteiger partial charge on any atom is -0.460 e. The van der Waals surface area contributed by atoms with Crippen molar-refractivity contribution in [3.05, 3.63) is 104 Å². The van der Waals surface area contributed by atoms with Gasteiger partial charge in [0.2, 0.25) is 0 Å². The topological polar surface area (TPSA) is 117 Å². The van der Waals surface area contributed by atoms with Gasteiger partial charge >= 0.3 is 11.9 Å². The van der Waals surface area contributed by atoms with Crippen molar-refractivity contribution in [2.24, 2.45) is 0 Å². The largest absolute Gasteiger partial charge is 0.460 e. The number of hydrogen-bond acceptors (Lipinski definition) is 8. The van der Waals surface area contributed by atoms with Crippen LogP contribution < -0.4 is 5.32 Å². The van der Waals surface area contributed by atoms with Crippen LogP contribution in [0, 0.1) is 10.1 Å². The molecule has 0 unspecified atom stereocenters. The van der Waals surface area contributed by atoms with E-state index in [2.05, 4.69) is 5.32 Å². The molecule has 1 N–H and O–H groups in total. The fraction of sp³-hybridized carbons (Fsp3) is 0.259. The highest BCUT2D eigenvalue weighted by Gasteiger charge is 2.38. The summed E-state index contributed by atoms with van der Waals surface area (Å²) >= 11 is 0. The molecule has 0 saturated heterocycles. The Bertz CT molecular complexity index is 1220. The maximum atomic E-state index is 13.3. The number of nitro groups is 1. The van der Waals surface area contributed by atoms with Gasteiger partial charge in [-0.15, -0.1) is 0 Å². The molecule has 0 bridgehead atoms. The molecule has 0 amide bonds. The molecule has 9 heteroatoms. The van der Waals surface area contributed by atoms with E-state index in [0.29, 0.717) is 17.0 Å². The lowest BCUT2D eigenvalue weighted by Gasteiger charge is -2.30. The molecular formula is C27H28N2O7. The van der Waals surface area contributed by atoms with Crippen molar-refractivity contribution in [2.75, 3.05) is 26.9 Å². The van der Waals surface area contributed by atoms with Crippen LogP contribution in [-0.4, -0.2) is 43.8 Å². The monoisotopic (exact) mass is 492 g/mol. The van der Waals surface area contributed by atoms with Crippen LogP contribution in [0.15, 0.2) is 83.2 Å². The van der Waals surface area contributed by atoms with Crippen molar-refractivity contribution in [2.45, 2.75) is 19.8 Å². The molecule has 0 saturated carbocycles. The van der Waals surface area contributed by atoms with Crippen LogP contribution in [0.2, 0.25) is 0 Å². The summed E-state index contributed by atoms with van der Waals surface area (Å²) in [7, 11) is 1.48. The lowest BCUT2D eigenvalue weighted by atomic mass is 9.80. The molecule has 1 aliphatic rings. The van der Waals surface area contributed by atoms with E-state index in [4.69, 9.17) is 14.2 Å². The number of carbonyl (C=O) groups excluding carboxylic acids is 2. The predicted molar refractivity (Wildman–Crippen MR) is 134 cm³/mol. The molecule has 1 atom stereocenters. The third-order valence-corrected chi connectivity index (χ3v) is 5.56. The van der Waals surface area contributed by atoms with Gasteiger partial charge in [-0.2, -0.15) is 0 Å². The Morgan fingerprint density at radius 1 is 0.972 bits per heavy atom. The number of hydrogen-bond donors (Lipinski definition) is 1. The van der Waals surface area contributed by atoms with Crippen molar-refractivity contribution in [1.29, 1.82) is 0 Å². The Hall–Kier alpha value is -4.24. The van der Waals surface area contributed by atoms with Gasteiger partial charge in [-0.3, -0.25) is 10.1 Å². The summed E-state index contributed by atoms with van der Waals surface area (Å²) in [5.41, 5.74) is 2.50. The SMILES string of the molecule is COCCOC(=O)C1=C(C)NC(C)=C(C(=O)OC/C=C\c2ccccc2)[C@@H]1c1cccc([N+](=O)[O-])c1. The van der Waals surface area contributed by atoms with Crippen molar-refractivity contribution >= 4 is 23.7 Å². The van der Waals surface area contributed by atoms with Gasteiger partial charge in [-0.1, -0.05) is 48.5 Å². The molecule has 0 spiro atoms. The van der Waals surface area contributed by atoms with E-state index in [1.807, 2.05) is 36.4 Å². The summed E-state index contributed by atoms with van der Waals surface area (Å²) in [5.74, 6) is -2.23. The Balaban J connectivity index is 1.94. The lowest BCUT2D eigenvalue weighted by molar-refractivity contribution is -0.384. The molecular weight excluding hydrogens is 464 g/mol. The smallest absolute Gasteiger partial charge is 0.337 e. The Morgan fingerprint density at radius 3 is 2.28 bits per heavy atom. The molecule has 0 fully saturated rings. The summed E-state index contributed by atoms with van der Waals surface area (Å²) in [6, 6.07) is 15.4. The number of carbonyl (C=O) groups is 2. The standard InChI is InChI=1S/C27H28N2O7/c1-18-23(26(30)35-14-8-11-20-9-5-4-6-10-20)25(21-12-7-13-22(17-21)29(32)33)24(19(2)28-18)27(31)36-16-15-34-3/h4-13,17,25,28H,14-16H2,1-3H3/b11-8-/t25-/m0/s1. The van der Waals surface area contributed by atoms with Gasteiger partial charge < -0.3 is 19.5 Å². The van der Waals surface area contributed by atoms with E-state index in [1.165, 1.54) is 25.3 Å². The molecule has 0 aliphatic carbocycles. The quantitative estimate of drug-likeness (QED) is 0.226. The molecule has 1 heterocycles. The second kappa shape index (κ2) is 12.5. The van der Waals surface area contributed by atoms with E-state index in [0.717, 1.165) is 5.56 Å². The van der Waals surface area contributed by atoms with Crippen molar-refractivity contribution in [3.63, 3.8) is 0 Å². The zero-order chi connectivity index (χ0) is 26.1. The number of rotatable bonds is 10. The maximum absolute atomic E-state index is 13.3. The van der Waals surface area contributed by atoms with Gasteiger partial charge in [0.25, 0.3) is 5.69 Å². The van der Waals surface area contributed by atoms with Crippen LogP contribution >= 0.6 is 0 Å². The Labute approximate surface area is 209 Å². The molecule has 0 radical (unpaired) electrons. The van der Waals surface area contributed by atoms with Gasteiger partial charge in [0.15, 0.2) is 0 Å². The number of methoxy groups -OCH3 is 1. The van der Waals surface area contributed by atoms with Crippen LogP contribution in [0.3, 0.4) is 0 Å². The zero-order valence-electron chi connectivity index (χ0n) is 20.4. The van der Waals surface area contributed by atoms with Crippen LogP contribution in [0.25, 0.3) is 6.08 Å². The minimum absolute atomic E-state index is 0.00246. The van der Waals surface area contributed by atoms with Crippen LogP contribution in [0.1, 0.15) is 30.9 Å². The molecule has 2 aromatic carbocycles. The molecule has 1 aliphatic heterocycles. The molecule has 9 nitrogen and oxygen atoms in total. The third kappa shape index (κ3) is 6.45. The average molecular weight is 493 g/mol. The summed E-state index contributed by atoms with van der Waals surface area (Å²) in [6.45, 7) is 3.59. The van der Waals surface area contributed by atoms with Gasteiger partial charge in [0.05, 0.1) is 28.6 Å². The predicted octanol–water partition coefficient (Wildman–Crippen LogP) is 4.28. The highest BCUT2D eigenvalue weighted by atomic mass is 16.6. The summed E-state index contributed by atoms with van der Waals surface area (Å²) in [4.78, 5) is 37.3. The van der Waals surface area contributed by atoms with Crippen LogP contribution in [0.4, 0.5) is 5.69 Å². The first-order chi connectivity index (χ1) is 17.3. The summed E-state index contributed by atoms with van der Waals surface area (Å²) < 4.78 is 15.8. The normalized spacial score (nSPS) is 15.6. The number of nitrogens with one attached hydrogen (secondary N) is 1. The zero-order valence-corrected chi connectivity index (χ0v) is 20.4. The first-order valence-corrected chi connectivity index (χ1v) is 11.3. The third-order valence-electron chi connectivity index (χ3n) is 5.56. The van der Waals surface area contributed by atoms with Gasteiger partial charge in [-0.25, -0.2) is 9.59 Å². The van der Waals surface area contributed by atoms with Crippen molar-refractivity contribution < 1.29 is 28.7 Å². The fourth-order valence-corrected chi connectivity index (χ4v) is 3.93. The maximum Gasteiger partial charge on any atom is 0.337 e. The Kier molecular flexibility index (Phi) is 9.13. The van der Waals surface area contributed by atoms with Gasteiger partial charge in [-0.05, 0) is 31.1 Å². The second-order valence-electron chi connectivity index (χ2n) is 8.03. The van der Waals surface area contributed by atoms with Gasteiger partial charge in [0.1, 0.15) is 13.2 Å². The lowest BCUT2D eigenvalue weighted by Crippen LogP contribution is -2.32. The van der Waals surface area contributed by atoms with Crippen molar-refractivity contribution in [3.8, 4) is 0 Å². The first-order valence-electron chi connectivity index (χ1n) is 11.3. The number of dihydropyridines is 1. The number of allylic oxidation sites excluding steroid dienone is 2. The first kappa shape index (κ1) is 26.4. The number of nitrogens with zero attached hydrogens (tertiary/aromatic N) is 1. The van der Waals surface area contributed by atoms with E-state index in [9.17, 15) is 19.7 Å². The number of ether oxygens (including phenoxy) is 3.